The number of phenols is 1. The molecule has 5 heteroatoms. The Morgan fingerprint density at radius 1 is 1.17 bits per heavy atom. The Balaban J connectivity index is 2.28. The van der Waals surface area contributed by atoms with Crippen LogP contribution >= 0.6 is 11.6 Å². The third kappa shape index (κ3) is 4.98. The van der Waals surface area contributed by atoms with Gasteiger partial charge in [-0.05, 0) is 37.6 Å². The summed E-state index contributed by atoms with van der Waals surface area (Å²) in [5.41, 5.74) is 0.313. The van der Waals surface area contributed by atoms with E-state index in [1.54, 1.807) is 18.7 Å². The lowest BCUT2D eigenvalue weighted by Crippen LogP contribution is -2.41. The zero-order valence-corrected chi connectivity index (χ0v) is 13.9. The summed E-state index contributed by atoms with van der Waals surface area (Å²) in [7, 11) is 0. The molecule has 2 rings (SSSR count). The van der Waals surface area contributed by atoms with Gasteiger partial charge in [0.2, 0.25) is 0 Å². The van der Waals surface area contributed by atoms with E-state index >= 15 is 0 Å². The van der Waals surface area contributed by atoms with Crippen molar-refractivity contribution in [3.8, 4) is 5.75 Å². The maximum Gasteiger partial charge on any atom is 0.254 e. The van der Waals surface area contributed by atoms with E-state index in [1.165, 1.54) is 18.2 Å². The number of hydrogen-bond acceptors (Lipinski definition) is 3. The number of carbonyl (C=O) groups is 1. The standard InChI is InChI=1S/C18H20ClNO3/c1-18(2,23)12-20(11-13-6-4-3-5-7-13)17(22)14-8-9-16(21)15(19)10-14/h3-10,21,23H,11-12H2,1-2H3. The van der Waals surface area contributed by atoms with Gasteiger partial charge < -0.3 is 15.1 Å². The molecular weight excluding hydrogens is 314 g/mol. The normalized spacial score (nSPS) is 11.3. The van der Waals surface area contributed by atoms with Gasteiger partial charge in [-0.3, -0.25) is 4.79 Å². The molecule has 0 fully saturated rings. The van der Waals surface area contributed by atoms with Gasteiger partial charge in [-0.25, -0.2) is 0 Å². The van der Waals surface area contributed by atoms with Crippen molar-refractivity contribution in [2.24, 2.45) is 0 Å². The Hall–Kier alpha value is -2.04. The van der Waals surface area contributed by atoms with E-state index in [0.717, 1.165) is 5.56 Å². The van der Waals surface area contributed by atoms with Crippen LogP contribution in [0, 0.1) is 0 Å². The summed E-state index contributed by atoms with van der Waals surface area (Å²) in [5.74, 6) is -0.321. The Morgan fingerprint density at radius 2 is 1.83 bits per heavy atom. The van der Waals surface area contributed by atoms with Gasteiger partial charge in [-0.15, -0.1) is 0 Å². The highest BCUT2D eigenvalue weighted by Gasteiger charge is 2.24. The third-order valence-corrected chi connectivity index (χ3v) is 3.58. The summed E-state index contributed by atoms with van der Waals surface area (Å²) in [5, 5.41) is 19.7. The number of hydrogen-bond donors (Lipinski definition) is 2. The number of carbonyl (C=O) groups excluding carboxylic acids is 1. The third-order valence-electron chi connectivity index (χ3n) is 3.28. The van der Waals surface area contributed by atoms with Crippen LogP contribution in [0.4, 0.5) is 0 Å². The number of aromatic hydroxyl groups is 1. The molecule has 2 N–H and O–H groups in total. The minimum absolute atomic E-state index is 0.0692. The van der Waals surface area contributed by atoms with Gasteiger partial charge in [0, 0.05) is 18.7 Å². The largest absolute Gasteiger partial charge is 0.506 e. The van der Waals surface area contributed by atoms with Crippen LogP contribution < -0.4 is 0 Å². The number of halogens is 1. The first-order valence-electron chi connectivity index (χ1n) is 7.30. The minimum Gasteiger partial charge on any atom is -0.506 e. The van der Waals surface area contributed by atoms with Crippen molar-refractivity contribution in [2.75, 3.05) is 6.54 Å². The van der Waals surface area contributed by atoms with Gasteiger partial charge >= 0.3 is 0 Å². The predicted molar refractivity (Wildman–Crippen MR) is 90.6 cm³/mol. The summed E-state index contributed by atoms with van der Waals surface area (Å²) >= 11 is 5.89. The lowest BCUT2D eigenvalue weighted by molar-refractivity contribution is 0.0280. The topological polar surface area (TPSA) is 60.8 Å². The summed E-state index contributed by atoms with van der Waals surface area (Å²) in [6.07, 6.45) is 0. The molecular formula is C18H20ClNO3. The second kappa shape index (κ2) is 7.02. The summed E-state index contributed by atoms with van der Waals surface area (Å²) in [6, 6.07) is 13.9. The molecule has 0 atom stereocenters. The zero-order valence-electron chi connectivity index (χ0n) is 13.2. The number of benzene rings is 2. The van der Waals surface area contributed by atoms with E-state index in [1.807, 2.05) is 30.3 Å². The van der Waals surface area contributed by atoms with Crippen molar-refractivity contribution < 1.29 is 15.0 Å². The van der Waals surface area contributed by atoms with Crippen LogP contribution in [0.25, 0.3) is 0 Å². The van der Waals surface area contributed by atoms with Gasteiger partial charge in [0.1, 0.15) is 5.75 Å². The zero-order chi connectivity index (χ0) is 17.0. The van der Waals surface area contributed by atoms with Crippen LogP contribution in [0.1, 0.15) is 29.8 Å². The molecule has 2 aromatic carbocycles. The molecule has 0 aromatic heterocycles. The number of nitrogens with zero attached hydrogens (tertiary/aromatic N) is 1. The molecule has 0 saturated heterocycles. The highest BCUT2D eigenvalue weighted by molar-refractivity contribution is 6.32. The van der Waals surface area contributed by atoms with E-state index in [9.17, 15) is 15.0 Å². The van der Waals surface area contributed by atoms with Crippen LogP contribution in [0.2, 0.25) is 5.02 Å². The molecule has 0 saturated carbocycles. The number of rotatable bonds is 5. The fourth-order valence-corrected chi connectivity index (χ4v) is 2.47. The maximum atomic E-state index is 12.8. The number of phenolic OH excluding ortho intramolecular Hbond substituents is 1. The van der Waals surface area contributed by atoms with E-state index < -0.39 is 5.60 Å². The van der Waals surface area contributed by atoms with E-state index in [-0.39, 0.29) is 23.2 Å². The molecule has 0 aliphatic heterocycles. The van der Waals surface area contributed by atoms with Crippen molar-refractivity contribution in [1.29, 1.82) is 0 Å². The second-order valence-corrected chi connectivity index (χ2v) is 6.53. The van der Waals surface area contributed by atoms with E-state index in [2.05, 4.69) is 0 Å². The summed E-state index contributed by atoms with van der Waals surface area (Å²) in [4.78, 5) is 14.3. The van der Waals surface area contributed by atoms with Crippen molar-refractivity contribution >= 4 is 17.5 Å². The quantitative estimate of drug-likeness (QED) is 0.881. The van der Waals surface area contributed by atoms with Crippen LogP contribution in [0.5, 0.6) is 5.75 Å². The Labute approximate surface area is 140 Å². The first kappa shape index (κ1) is 17.3. The molecule has 0 aliphatic carbocycles. The van der Waals surface area contributed by atoms with Crippen LogP contribution in [-0.4, -0.2) is 33.2 Å². The molecule has 0 heterocycles. The SMILES string of the molecule is CC(C)(O)CN(Cc1ccccc1)C(=O)c1ccc(O)c(Cl)c1. The Bertz CT molecular complexity index is 680. The molecule has 4 nitrogen and oxygen atoms in total. The van der Waals surface area contributed by atoms with Crippen molar-refractivity contribution in [3.63, 3.8) is 0 Å². The Kier molecular flexibility index (Phi) is 5.29. The molecule has 0 unspecified atom stereocenters. The molecule has 0 aliphatic rings. The van der Waals surface area contributed by atoms with Crippen molar-refractivity contribution in [1.82, 2.24) is 4.90 Å². The van der Waals surface area contributed by atoms with Gasteiger partial charge in [0.25, 0.3) is 5.91 Å². The van der Waals surface area contributed by atoms with E-state index in [0.29, 0.717) is 12.1 Å². The smallest absolute Gasteiger partial charge is 0.254 e. The van der Waals surface area contributed by atoms with Gasteiger partial charge in [0.05, 0.1) is 10.6 Å². The lowest BCUT2D eigenvalue weighted by Gasteiger charge is -2.29. The van der Waals surface area contributed by atoms with Gasteiger partial charge in [0.15, 0.2) is 0 Å². The van der Waals surface area contributed by atoms with Gasteiger partial charge in [-0.1, -0.05) is 41.9 Å². The molecule has 23 heavy (non-hydrogen) atoms. The average Bonchev–Trinajstić information content (AvgIpc) is 2.48. The fraction of sp³-hybridized carbons (Fsp3) is 0.278. The van der Waals surface area contributed by atoms with Crippen molar-refractivity contribution in [3.05, 3.63) is 64.7 Å². The fourth-order valence-electron chi connectivity index (χ4n) is 2.29. The number of amides is 1. The Morgan fingerprint density at radius 3 is 2.39 bits per heavy atom. The number of aliphatic hydroxyl groups is 1. The molecule has 0 bridgehead atoms. The average molecular weight is 334 g/mol. The second-order valence-electron chi connectivity index (χ2n) is 6.13. The first-order valence-corrected chi connectivity index (χ1v) is 7.68. The highest BCUT2D eigenvalue weighted by atomic mass is 35.5. The molecule has 122 valence electrons. The summed E-state index contributed by atoms with van der Waals surface area (Å²) < 4.78 is 0. The predicted octanol–water partition coefficient (Wildman–Crippen LogP) is 3.46. The minimum atomic E-state index is -1.02. The van der Waals surface area contributed by atoms with Gasteiger partial charge in [-0.2, -0.15) is 0 Å². The summed E-state index contributed by atoms with van der Waals surface area (Å²) in [6.45, 7) is 3.87. The van der Waals surface area contributed by atoms with Crippen LogP contribution in [0.15, 0.2) is 48.5 Å². The van der Waals surface area contributed by atoms with Crippen LogP contribution in [0.3, 0.4) is 0 Å². The highest BCUT2D eigenvalue weighted by Crippen LogP contribution is 2.25. The first-order chi connectivity index (χ1) is 10.8. The lowest BCUT2D eigenvalue weighted by atomic mass is 10.1. The molecule has 2 aromatic rings. The van der Waals surface area contributed by atoms with E-state index in [4.69, 9.17) is 11.6 Å². The monoisotopic (exact) mass is 333 g/mol. The van der Waals surface area contributed by atoms with Crippen LogP contribution in [-0.2, 0) is 6.54 Å². The molecule has 0 radical (unpaired) electrons. The van der Waals surface area contributed by atoms with Crippen molar-refractivity contribution in [2.45, 2.75) is 26.0 Å². The molecule has 0 spiro atoms. The maximum absolute atomic E-state index is 12.8. The molecule has 1 amide bonds.